The van der Waals surface area contributed by atoms with Crippen LogP contribution in [0.15, 0.2) is 23.6 Å². The molecule has 2 rings (SSSR count). The van der Waals surface area contributed by atoms with Crippen LogP contribution in [0.2, 0.25) is 5.02 Å². The van der Waals surface area contributed by atoms with E-state index >= 15 is 0 Å². The third kappa shape index (κ3) is 1.15. The summed E-state index contributed by atoms with van der Waals surface area (Å²) in [5, 5.41) is 4.24. The summed E-state index contributed by atoms with van der Waals surface area (Å²) in [6, 6.07) is 6.14. The van der Waals surface area contributed by atoms with Gasteiger partial charge in [-0.2, -0.15) is 0 Å². The number of hydrogen-bond donors (Lipinski definition) is 0. The van der Waals surface area contributed by atoms with E-state index in [1.54, 1.807) is 11.3 Å². The SMILES string of the molecule is Cc1cc(Cl)cc2sccc12. The van der Waals surface area contributed by atoms with Crippen molar-refractivity contribution in [1.82, 2.24) is 0 Å². The molecule has 0 nitrogen and oxygen atoms in total. The van der Waals surface area contributed by atoms with Gasteiger partial charge in [0, 0.05) is 9.72 Å². The molecule has 0 bridgehead atoms. The molecule has 0 radical (unpaired) electrons. The Bertz CT molecular complexity index is 389. The second-order valence-corrected chi connectivity index (χ2v) is 3.94. The van der Waals surface area contributed by atoms with Gasteiger partial charge in [-0.25, -0.2) is 0 Å². The topological polar surface area (TPSA) is 0 Å². The Morgan fingerprint density at radius 1 is 1.36 bits per heavy atom. The predicted octanol–water partition coefficient (Wildman–Crippen LogP) is 3.86. The number of halogens is 1. The minimum atomic E-state index is 0.831. The lowest BCUT2D eigenvalue weighted by molar-refractivity contribution is 1.55. The molecule has 0 saturated heterocycles. The van der Waals surface area contributed by atoms with Crippen molar-refractivity contribution in [3.8, 4) is 0 Å². The van der Waals surface area contributed by atoms with Crippen LogP contribution < -0.4 is 0 Å². The second-order valence-electron chi connectivity index (χ2n) is 2.56. The Morgan fingerprint density at radius 3 is 3.00 bits per heavy atom. The van der Waals surface area contributed by atoms with Crippen LogP contribution in [0.1, 0.15) is 5.56 Å². The summed E-state index contributed by atoms with van der Waals surface area (Å²) in [5.74, 6) is 0. The zero-order chi connectivity index (χ0) is 7.84. The number of hydrogen-bond acceptors (Lipinski definition) is 1. The fraction of sp³-hybridized carbons (Fsp3) is 0.111. The van der Waals surface area contributed by atoms with Gasteiger partial charge in [0.1, 0.15) is 0 Å². The van der Waals surface area contributed by atoms with Crippen molar-refractivity contribution >= 4 is 33.0 Å². The molecule has 0 saturated carbocycles. The van der Waals surface area contributed by atoms with Gasteiger partial charge in [-0.1, -0.05) is 11.6 Å². The number of thiophene rings is 1. The Kier molecular flexibility index (Phi) is 1.63. The van der Waals surface area contributed by atoms with E-state index in [4.69, 9.17) is 11.6 Å². The third-order valence-electron chi connectivity index (χ3n) is 1.74. The Labute approximate surface area is 74.4 Å². The van der Waals surface area contributed by atoms with Gasteiger partial charge >= 0.3 is 0 Å². The molecule has 0 N–H and O–H groups in total. The van der Waals surface area contributed by atoms with Gasteiger partial charge in [0.15, 0.2) is 0 Å². The van der Waals surface area contributed by atoms with E-state index < -0.39 is 0 Å². The number of rotatable bonds is 0. The molecule has 56 valence electrons. The molecule has 1 aromatic heterocycles. The van der Waals surface area contributed by atoms with Crippen molar-refractivity contribution in [3.05, 3.63) is 34.2 Å². The first-order chi connectivity index (χ1) is 5.27. The smallest absolute Gasteiger partial charge is 0.0423 e. The van der Waals surface area contributed by atoms with E-state index in [0.717, 1.165) is 5.02 Å². The summed E-state index contributed by atoms with van der Waals surface area (Å²) in [6.07, 6.45) is 0. The van der Waals surface area contributed by atoms with Crippen LogP contribution in [0, 0.1) is 6.92 Å². The molecule has 0 fully saturated rings. The monoisotopic (exact) mass is 182 g/mol. The quantitative estimate of drug-likeness (QED) is 0.581. The highest BCUT2D eigenvalue weighted by Crippen LogP contribution is 2.27. The largest absolute Gasteiger partial charge is 0.144 e. The number of fused-ring (bicyclic) bond motifs is 1. The first-order valence-corrected chi connectivity index (χ1v) is 4.66. The van der Waals surface area contributed by atoms with Gasteiger partial charge in [0.2, 0.25) is 0 Å². The van der Waals surface area contributed by atoms with Crippen molar-refractivity contribution < 1.29 is 0 Å². The van der Waals surface area contributed by atoms with Gasteiger partial charge < -0.3 is 0 Å². The van der Waals surface area contributed by atoms with Crippen molar-refractivity contribution in [2.75, 3.05) is 0 Å². The highest BCUT2D eigenvalue weighted by atomic mass is 35.5. The molecule has 0 unspecified atom stereocenters. The number of aryl methyl sites for hydroxylation is 1. The zero-order valence-electron chi connectivity index (χ0n) is 6.10. The van der Waals surface area contributed by atoms with Gasteiger partial charge in [-0.3, -0.25) is 0 Å². The lowest BCUT2D eigenvalue weighted by Gasteiger charge is -1.95. The van der Waals surface area contributed by atoms with Crippen LogP contribution in [0.3, 0.4) is 0 Å². The summed E-state index contributed by atoms with van der Waals surface area (Å²) in [7, 11) is 0. The normalized spacial score (nSPS) is 10.7. The molecule has 0 aliphatic carbocycles. The van der Waals surface area contributed by atoms with Crippen LogP contribution >= 0.6 is 22.9 Å². The summed E-state index contributed by atoms with van der Waals surface area (Å²) < 4.78 is 1.27. The molecular weight excluding hydrogens is 176 g/mol. The molecule has 0 amide bonds. The Balaban J connectivity index is 2.91. The highest BCUT2D eigenvalue weighted by molar-refractivity contribution is 7.17. The molecule has 0 aliphatic heterocycles. The van der Waals surface area contributed by atoms with E-state index in [9.17, 15) is 0 Å². The third-order valence-corrected chi connectivity index (χ3v) is 2.83. The van der Waals surface area contributed by atoms with E-state index in [2.05, 4.69) is 18.4 Å². The van der Waals surface area contributed by atoms with Gasteiger partial charge in [-0.15, -0.1) is 11.3 Å². The molecule has 1 heterocycles. The van der Waals surface area contributed by atoms with Crippen molar-refractivity contribution in [1.29, 1.82) is 0 Å². The van der Waals surface area contributed by atoms with E-state index in [-0.39, 0.29) is 0 Å². The molecule has 0 aliphatic rings. The average Bonchev–Trinajstić information content (AvgIpc) is 2.34. The Hall–Kier alpha value is -0.530. The zero-order valence-corrected chi connectivity index (χ0v) is 7.67. The lowest BCUT2D eigenvalue weighted by Crippen LogP contribution is -1.71. The van der Waals surface area contributed by atoms with Crippen molar-refractivity contribution in [2.24, 2.45) is 0 Å². The van der Waals surface area contributed by atoms with Crippen LogP contribution in [0.25, 0.3) is 10.1 Å². The van der Waals surface area contributed by atoms with Crippen LogP contribution in [-0.4, -0.2) is 0 Å². The maximum atomic E-state index is 5.89. The lowest BCUT2D eigenvalue weighted by atomic mass is 10.2. The maximum absolute atomic E-state index is 5.89. The van der Waals surface area contributed by atoms with Crippen molar-refractivity contribution in [3.63, 3.8) is 0 Å². The predicted molar refractivity (Wildman–Crippen MR) is 51.6 cm³/mol. The molecule has 0 atom stereocenters. The first-order valence-electron chi connectivity index (χ1n) is 3.41. The molecule has 1 aromatic carbocycles. The fourth-order valence-corrected chi connectivity index (χ4v) is 2.45. The van der Waals surface area contributed by atoms with Crippen molar-refractivity contribution in [2.45, 2.75) is 6.92 Å². The van der Waals surface area contributed by atoms with E-state index in [1.165, 1.54) is 15.6 Å². The minimum absolute atomic E-state index is 0.831. The van der Waals surface area contributed by atoms with E-state index in [0.29, 0.717) is 0 Å². The fourth-order valence-electron chi connectivity index (χ4n) is 1.21. The first kappa shape index (κ1) is 7.14. The highest BCUT2D eigenvalue weighted by Gasteiger charge is 1.99. The minimum Gasteiger partial charge on any atom is -0.144 e. The Morgan fingerprint density at radius 2 is 2.18 bits per heavy atom. The number of benzene rings is 1. The van der Waals surface area contributed by atoms with Gasteiger partial charge in [0.25, 0.3) is 0 Å². The standard InChI is InChI=1S/C9H7ClS/c1-6-4-7(10)5-9-8(6)2-3-11-9/h2-5H,1H3. The average molecular weight is 183 g/mol. The van der Waals surface area contributed by atoms with Crippen LogP contribution in [0.4, 0.5) is 0 Å². The molecule has 11 heavy (non-hydrogen) atoms. The van der Waals surface area contributed by atoms with Crippen LogP contribution in [-0.2, 0) is 0 Å². The molecule has 2 aromatic rings. The molecular formula is C9H7ClS. The second kappa shape index (κ2) is 2.50. The van der Waals surface area contributed by atoms with E-state index in [1.807, 2.05) is 12.1 Å². The summed E-state index contributed by atoms with van der Waals surface area (Å²) >= 11 is 7.62. The maximum Gasteiger partial charge on any atom is 0.0423 e. The van der Waals surface area contributed by atoms with Crippen LogP contribution in [0.5, 0.6) is 0 Å². The molecule has 0 spiro atoms. The summed E-state index contributed by atoms with van der Waals surface area (Å²) in [4.78, 5) is 0. The van der Waals surface area contributed by atoms with Gasteiger partial charge in [0.05, 0.1) is 0 Å². The summed E-state index contributed by atoms with van der Waals surface area (Å²) in [5.41, 5.74) is 1.26. The van der Waals surface area contributed by atoms with Gasteiger partial charge in [-0.05, 0) is 41.5 Å². The summed E-state index contributed by atoms with van der Waals surface area (Å²) in [6.45, 7) is 2.08. The molecule has 2 heteroatoms.